The smallest absolute Gasteiger partial charge is 0.0591 e. The highest BCUT2D eigenvalue weighted by atomic mass is 16.5. The Morgan fingerprint density at radius 2 is 1.94 bits per heavy atom. The fourth-order valence-electron chi connectivity index (χ4n) is 1.48. The molecule has 0 aromatic rings. The second-order valence-electron chi connectivity index (χ2n) is 5.51. The van der Waals surface area contributed by atoms with Crippen LogP contribution in [-0.2, 0) is 4.74 Å². The lowest BCUT2D eigenvalue weighted by Gasteiger charge is -2.20. The standard InChI is InChI=1S/C14H30N2O/c1-6-8-13(2)15-9-7-11-17-12-10-16-14(3,4)5/h16H,6-12H2,1-5H3/b15-13-. The Morgan fingerprint density at radius 1 is 1.24 bits per heavy atom. The van der Waals surface area contributed by atoms with Crippen molar-refractivity contribution < 1.29 is 4.74 Å². The van der Waals surface area contributed by atoms with Crippen molar-refractivity contribution in [3.63, 3.8) is 0 Å². The predicted molar refractivity (Wildman–Crippen MR) is 76.1 cm³/mol. The third-order valence-corrected chi connectivity index (χ3v) is 2.34. The maximum atomic E-state index is 5.54. The first kappa shape index (κ1) is 16.6. The van der Waals surface area contributed by atoms with Crippen molar-refractivity contribution in [2.24, 2.45) is 4.99 Å². The van der Waals surface area contributed by atoms with Crippen molar-refractivity contribution in [3.05, 3.63) is 0 Å². The van der Waals surface area contributed by atoms with Crippen molar-refractivity contribution in [1.82, 2.24) is 5.32 Å². The molecule has 0 fully saturated rings. The van der Waals surface area contributed by atoms with Gasteiger partial charge in [0.1, 0.15) is 0 Å². The number of ether oxygens (including phenoxy) is 1. The molecule has 0 radical (unpaired) electrons. The van der Waals surface area contributed by atoms with Crippen LogP contribution in [0.1, 0.15) is 53.9 Å². The van der Waals surface area contributed by atoms with Gasteiger partial charge in [0.15, 0.2) is 0 Å². The van der Waals surface area contributed by atoms with Gasteiger partial charge in [0.05, 0.1) is 6.61 Å². The van der Waals surface area contributed by atoms with Gasteiger partial charge in [0.2, 0.25) is 0 Å². The number of nitrogens with zero attached hydrogens (tertiary/aromatic N) is 1. The average molecular weight is 242 g/mol. The molecule has 0 atom stereocenters. The van der Waals surface area contributed by atoms with Crippen LogP contribution >= 0.6 is 0 Å². The first-order valence-electron chi connectivity index (χ1n) is 6.78. The van der Waals surface area contributed by atoms with E-state index in [9.17, 15) is 0 Å². The molecule has 0 bridgehead atoms. The SMILES string of the molecule is CCC/C(C)=N\CCCOCCNC(C)(C)C. The van der Waals surface area contributed by atoms with Gasteiger partial charge >= 0.3 is 0 Å². The molecule has 0 aromatic carbocycles. The van der Waals surface area contributed by atoms with Gasteiger partial charge < -0.3 is 10.1 Å². The highest BCUT2D eigenvalue weighted by Crippen LogP contribution is 1.97. The maximum Gasteiger partial charge on any atom is 0.0591 e. The van der Waals surface area contributed by atoms with Gasteiger partial charge in [0.25, 0.3) is 0 Å². The molecular formula is C14H30N2O. The molecule has 0 saturated carbocycles. The molecule has 102 valence electrons. The highest BCUT2D eigenvalue weighted by molar-refractivity contribution is 5.81. The summed E-state index contributed by atoms with van der Waals surface area (Å²) in [6, 6.07) is 0. The summed E-state index contributed by atoms with van der Waals surface area (Å²) >= 11 is 0. The number of nitrogens with one attached hydrogen (secondary N) is 1. The van der Waals surface area contributed by atoms with Crippen LogP contribution in [0.25, 0.3) is 0 Å². The van der Waals surface area contributed by atoms with Crippen LogP contribution in [0.4, 0.5) is 0 Å². The lowest BCUT2D eigenvalue weighted by atomic mass is 10.1. The Morgan fingerprint density at radius 3 is 2.53 bits per heavy atom. The van der Waals surface area contributed by atoms with E-state index >= 15 is 0 Å². The van der Waals surface area contributed by atoms with Gasteiger partial charge in [-0.05, 0) is 40.5 Å². The fraction of sp³-hybridized carbons (Fsp3) is 0.929. The zero-order valence-electron chi connectivity index (χ0n) is 12.3. The molecule has 0 rings (SSSR count). The van der Waals surface area contributed by atoms with E-state index in [4.69, 9.17) is 4.74 Å². The third-order valence-electron chi connectivity index (χ3n) is 2.34. The molecular weight excluding hydrogens is 212 g/mol. The molecule has 1 N–H and O–H groups in total. The summed E-state index contributed by atoms with van der Waals surface area (Å²) in [6.07, 6.45) is 3.33. The van der Waals surface area contributed by atoms with E-state index in [-0.39, 0.29) is 5.54 Å². The summed E-state index contributed by atoms with van der Waals surface area (Å²) in [4.78, 5) is 4.49. The van der Waals surface area contributed by atoms with E-state index in [0.717, 1.165) is 39.1 Å². The largest absolute Gasteiger partial charge is 0.380 e. The van der Waals surface area contributed by atoms with Crippen LogP contribution < -0.4 is 5.32 Å². The predicted octanol–water partition coefficient (Wildman–Crippen LogP) is 3.04. The van der Waals surface area contributed by atoms with Gasteiger partial charge in [-0.2, -0.15) is 0 Å². The highest BCUT2D eigenvalue weighted by Gasteiger charge is 2.06. The Kier molecular flexibility index (Phi) is 9.37. The van der Waals surface area contributed by atoms with Crippen LogP contribution in [0.3, 0.4) is 0 Å². The monoisotopic (exact) mass is 242 g/mol. The molecule has 0 heterocycles. The minimum absolute atomic E-state index is 0.185. The summed E-state index contributed by atoms with van der Waals surface area (Å²) in [5.41, 5.74) is 1.45. The number of rotatable bonds is 9. The van der Waals surface area contributed by atoms with Gasteiger partial charge in [-0.3, -0.25) is 4.99 Å². The van der Waals surface area contributed by atoms with E-state index < -0.39 is 0 Å². The zero-order chi connectivity index (χ0) is 13.1. The average Bonchev–Trinajstić information content (AvgIpc) is 2.21. The van der Waals surface area contributed by atoms with Gasteiger partial charge in [-0.25, -0.2) is 0 Å². The third kappa shape index (κ3) is 13.5. The molecule has 17 heavy (non-hydrogen) atoms. The van der Waals surface area contributed by atoms with Crippen LogP contribution in [0.15, 0.2) is 4.99 Å². The van der Waals surface area contributed by atoms with Crippen molar-refractivity contribution >= 4 is 5.71 Å². The van der Waals surface area contributed by atoms with E-state index in [2.05, 4.69) is 44.9 Å². The molecule has 3 heteroatoms. The molecule has 0 amide bonds. The molecule has 0 spiro atoms. The summed E-state index contributed by atoms with van der Waals surface area (Å²) < 4.78 is 5.54. The first-order chi connectivity index (χ1) is 7.95. The maximum absolute atomic E-state index is 5.54. The Balaban J connectivity index is 3.27. The molecule has 3 nitrogen and oxygen atoms in total. The van der Waals surface area contributed by atoms with E-state index in [1.807, 2.05) is 0 Å². The lowest BCUT2D eigenvalue weighted by Crippen LogP contribution is -2.38. The van der Waals surface area contributed by atoms with Crippen molar-refractivity contribution in [1.29, 1.82) is 0 Å². The Hall–Kier alpha value is -0.410. The number of hydrogen-bond acceptors (Lipinski definition) is 3. The quantitative estimate of drug-likeness (QED) is 0.498. The molecule has 0 saturated heterocycles. The Labute approximate surface area is 107 Å². The van der Waals surface area contributed by atoms with Gasteiger partial charge in [-0.15, -0.1) is 0 Å². The minimum atomic E-state index is 0.185. The van der Waals surface area contributed by atoms with Crippen molar-refractivity contribution in [2.75, 3.05) is 26.3 Å². The lowest BCUT2D eigenvalue weighted by molar-refractivity contribution is 0.130. The number of hydrogen-bond donors (Lipinski definition) is 1. The van der Waals surface area contributed by atoms with Gasteiger partial charge in [-0.1, -0.05) is 13.3 Å². The minimum Gasteiger partial charge on any atom is -0.380 e. The van der Waals surface area contributed by atoms with E-state index in [1.54, 1.807) is 0 Å². The normalized spacial score (nSPS) is 13.1. The second-order valence-corrected chi connectivity index (χ2v) is 5.51. The van der Waals surface area contributed by atoms with E-state index in [0.29, 0.717) is 0 Å². The molecule has 0 aliphatic heterocycles. The Bertz CT molecular complexity index is 207. The van der Waals surface area contributed by atoms with Crippen LogP contribution in [0.2, 0.25) is 0 Å². The van der Waals surface area contributed by atoms with Crippen molar-refractivity contribution in [3.8, 4) is 0 Å². The zero-order valence-corrected chi connectivity index (χ0v) is 12.3. The van der Waals surface area contributed by atoms with Crippen LogP contribution in [0, 0.1) is 0 Å². The van der Waals surface area contributed by atoms with E-state index in [1.165, 1.54) is 12.1 Å². The molecule has 0 aliphatic rings. The summed E-state index contributed by atoms with van der Waals surface area (Å²) in [5.74, 6) is 0. The second kappa shape index (κ2) is 9.60. The van der Waals surface area contributed by atoms with Crippen molar-refractivity contribution in [2.45, 2.75) is 59.4 Å². The summed E-state index contributed by atoms with van der Waals surface area (Å²) in [5, 5.41) is 3.40. The van der Waals surface area contributed by atoms with Crippen LogP contribution in [0.5, 0.6) is 0 Å². The summed E-state index contributed by atoms with van der Waals surface area (Å²) in [6.45, 7) is 14.2. The first-order valence-corrected chi connectivity index (χ1v) is 6.78. The number of aliphatic imine (C=N–C) groups is 1. The van der Waals surface area contributed by atoms with Crippen LogP contribution in [-0.4, -0.2) is 37.6 Å². The van der Waals surface area contributed by atoms with Gasteiger partial charge in [0, 0.05) is 30.9 Å². The fourth-order valence-corrected chi connectivity index (χ4v) is 1.48. The molecule has 0 aromatic heterocycles. The molecule has 0 unspecified atom stereocenters. The summed E-state index contributed by atoms with van der Waals surface area (Å²) in [7, 11) is 0. The molecule has 0 aliphatic carbocycles. The topological polar surface area (TPSA) is 33.6 Å².